The quantitative estimate of drug-likeness (QED) is 0.395. The van der Waals surface area contributed by atoms with Crippen LogP contribution in [0.2, 0.25) is 0 Å². The maximum atomic E-state index is 2.73. The summed E-state index contributed by atoms with van der Waals surface area (Å²) in [4.78, 5) is 0. The molecule has 0 radical (unpaired) electrons. The minimum atomic E-state index is 0.478. The van der Waals surface area contributed by atoms with Crippen LogP contribution in [0.1, 0.15) is 123 Å². The van der Waals surface area contributed by atoms with Gasteiger partial charge in [0.15, 0.2) is 0 Å². The summed E-state index contributed by atoms with van der Waals surface area (Å²) in [7, 11) is 0. The number of fused-ring (bicyclic) bond motifs is 2. The Balaban J connectivity index is 1.24. The minimum Gasteiger partial charge on any atom is -0.0594 e. The lowest BCUT2D eigenvalue weighted by Crippen LogP contribution is -2.41. The average Bonchev–Trinajstić information content (AvgIpc) is 3.52. The highest BCUT2D eigenvalue weighted by Crippen LogP contribution is 2.64. The second-order valence-corrected chi connectivity index (χ2v) is 14.6. The van der Waals surface area contributed by atoms with Crippen molar-refractivity contribution < 1.29 is 0 Å². The number of benzene rings is 2. The lowest BCUT2D eigenvalue weighted by molar-refractivity contribution is 0.0204. The molecule has 4 aliphatic carbocycles. The van der Waals surface area contributed by atoms with Gasteiger partial charge < -0.3 is 0 Å². The summed E-state index contributed by atoms with van der Waals surface area (Å²) in [6.07, 6.45) is 14.6. The second kappa shape index (κ2) is 9.88. The zero-order valence-electron chi connectivity index (χ0n) is 24.7. The zero-order chi connectivity index (χ0) is 25.9. The molecule has 200 valence electrons. The van der Waals surface area contributed by atoms with Crippen molar-refractivity contribution in [3.05, 3.63) is 69.8 Å². The third-order valence-corrected chi connectivity index (χ3v) is 12.5. The second-order valence-electron chi connectivity index (χ2n) is 14.6. The summed E-state index contributed by atoms with van der Waals surface area (Å²) in [5.41, 5.74) is 9.84. The third kappa shape index (κ3) is 4.43. The fourth-order valence-electron chi connectivity index (χ4n) is 10.8. The molecule has 4 fully saturated rings. The summed E-state index contributed by atoms with van der Waals surface area (Å²) in [5.74, 6) is 7.20. The molecule has 0 spiro atoms. The summed E-state index contributed by atoms with van der Waals surface area (Å²) in [5, 5.41) is 0. The summed E-state index contributed by atoms with van der Waals surface area (Å²) >= 11 is 0. The van der Waals surface area contributed by atoms with Gasteiger partial charge in [0.1, 0.15) is 0 Å². The Labute approximate surface area is 228 Å². The summed E-state index contributed by atoms with van der Waals surface area (Å²) in [6, 6.07) is 14.5. The lowest BCUT2D eigenvalue weighted by Gasteiger charge is -2.48. The molecular weight excluding hydrogens is 444 g/mol. The molecule has 2 aromatic rings. The van der Waals surface area contributed by atoms with Crippen molar-refractivity contribution in [1.82, 2.24) is 0 Å². The molecule has 8 atom stereocenters. The Hall–Kier alpha value is -1.56. The van der Waals surface area contributed by atoms with Crippen molar-refractivity contribution in [1.29, 1.82) is 0 Å². The van der Waals surface area contributed by atoms with Crippen LogP contribution in [0.25, 0.3) is 0 Å². The van der Waals surface area contributed by atoms with Gasteiger partial charge in [-0.3, -0.25) is 0 Å². The van der Waals surface area contributed by atoms with Crippen LogP contribution in [0.15, 0.2) is 36.4 Å². The van der Waals surface area contributed by atoms with Gasteiger partial charge >= 0.3 is 0 Å². The Bertz CT molecular complexity index is 1030. The Morgan fingerprint density at radius 2 is 0.946 bits per heavy atom. The highest BCUT2D eigenvalue weighted by molar-refractivity contribution is 5.36. The molecule has 8 unspecified atom stereocenters. The molecular formula is C37H52. The van der Waals surface area contributed by atoms with Crippen molar-refractivity contribution >= 4 is 0 Å². The Kier molecular flexibility index (Phi) is 6.86. The maximum Gasteiger partial charge on any atom is -0.0128 e. The SMILES string of the molecule is Cc1ccc(C)c(C2CCCC3C2CCC3C(C)(C)C2CCC3C(c4cc(C)ccc4C)CCCC32)c1. The van der Waals surface area contributed by atoms with Gasteiger partial charge in [-0.1, -0.05) is 74.2 Å². The van der Waals surface area contributed by atoms with Gasteiger partial charge in [0.2, 0.25) is 0 Å². The van der Waals surface area contributed by atoms with E-state index < -0.39 is 0 Å². The van der Waals surface area contributed by atoms with Gasteiger partial charge in [0.25, 0.3) is 0 Å². The van der Waals surface area contributed by atoms with Crippen molar-refractivity contribution in [2.24, 2.45) is 40.9 Å². The van der Waals surface area contributed by atoms with E-state index in [1.807, 2.05) is 0 Å². The number of aryl methyl sites for hydroxylation is 4. The maximum absolute atomic E-state index is 2.73. The predicted molar refractivity (Wildman–Crippen MR) is 158 cm³/mol. The van der Waals surface area contributed by atoms with Gasteiger partial charge in [-0.2, -0.15) is 0 Å². The van der Waals surface area contributed by atoms with Crippen molar-refractivity contribution in [2.45, 2.75) is 118 Å². The highest BCUT2D eigenvalue weighted by Gasteiger charge is 2.55. The predicted octanol–water partition coefficient (Wildman–Crippen LogP) is 10.5. The standard InChI is InChI=1S/C37H52/c1-23-13-15-25(3)33(21-23)27-9-7-11-31-29(27)17-19-35(31)37(5,6)36-20-18-30-28(10-8-12-32(30)36)34-22-24(2)14-16-26(34)4/h13-16,21-22,27-32,35-36H,7-12,17-20H2,1-6H3. The monoisotopic (exact) mass is 496 g/mol. The Morgan fingerprint density at radius 1 is 0.514 bits per heavy atom. The van der Waals surface area contributed by atoms with Crippen LogP contribution >= 0.6 is 0 Å². The van der Waals surface area contributed by atoms with Crippen LogP contribution in [0.4, 0.5) is 0 Å². The van der Waals surface area contributed by atoms with Crippen LogP contribution in [-0.4, -0.2) is 0 Å². The van der Waals surface area contributed by atoms with Gasteiger partial charge in [0.05, 0.1) is 0 Å². The first-order valence-electron chi connectivity index (χ1n) is 15.9. The molecule has 4 saturated carbocycles. The molecule has 0 amide bonds. The van der Waals surface area contributed by atoms with Crippen molar-refractivity contribution in [3.63, 3.8) is 0 Å². The van der Waals surface area contributed by atoms with Gasteiger partial charge in [0, 0.05) is 0 Å². The largest absolute Gasteiger partial charge is 0.0594 e. The van der Waals surface area contributed by atoms with Crippen LogP contribution in [0, 0.1) is 68.6 Å². The van der Waals surface area contributed by atoms with Crippen LogP contribution in [-0.2, 0) is 0 Å². The van der Waals surface area contributed by atoms with Gasteiger partial charge in [-0.05, 0) is 154 Å². The topological polar surface area (TPSA) is 0 Å². The van der Waals surface area contributed by atoms with E-state index in [4.69, 9.17) is 0 Å². The molecule has 4 aliphatic rings. The fraction of sp³-hybridized carbons (Fsp3) is 0.676. The van der Waals surface area contributed by atoms with E-state index in [1.54, 1.807) is 11.1 Å². The Morgan fingerprint density at radius 3 is 1.38 bits per heavy atom. The molecule has 37 heavy (non-hydrogen) atoms. The zero-order valence-corrected chi connectivity index (χ0v) is 24.7. The molecule has 0 saturated heterocycles. The normalized spacial score (nSPS) is 35.8. The number of hydrogen-bond acceptors (Lipinski definition) is 0. The summed E-state index contributed by atoms with van der Waals surface area (Å²) < 4.78 is 0. The van der Waals surface area contributed by atoms with Crippen LogP contribution < -0.4 is 0 Å². The smallest absolute Gasteiger partial charge is 0.0128 e. The molecule has 6 rings (SSSR count). The van der Waals surface area contributed by atoms with E-state index in [0.717, 1.165) is 47.3 Å². The molecule has 2 aromatic carbocycles. The van der Waals surface area contributed by atoms with Crippen molar-refractivity contribution in [3.8, 4) is 0 Å². The van der Waals surface area contributed by atoms with E-state index >= 15 is 0 Å². The molecule has 0 nitrogen and oxygen atoms in total. The van der Waals surface area contributed by atoms with Gasteiger partial charge in [-0.25, -0.2) is 0 Å². The van der Waals surface area contributed by atoms with E-state index in [-0.39, 0.29) is 0 Å². The third-order valence-electron chi connectivity index (χ3n) is 12.5. The lowest BCUT2D eigenvalue weighted by atomic mass is 9.57. The van der Waals surface area contributed by atoms with Gasteiger partial charge in [-0.15, -0.1) is 0 Å². The fourth-order valence-corrected chi connectivity index (χ4v) is 10.8. The molecule has 0 N–H and O–H groups in total. The molecule has 0 heteroatoms. The van der Waals surface area contributed by atoms with E-state index in [2.05, 4.69) is 77.9 Å². The summed E-state index contributed by atoms with van der Waals surface area (Å²) in [6.45, 7) is 14.8. The first-order valence-corrected chi connectivity index (χ1v) is 15.9. The van der Waals surface area contributed by atoms with Crippen LogP contribution in [0.3, 0.4) is 0 Å². The number of hydrogen-bond donors (Lipinski definition) is 0. The molecule has 0 bridgehead atoms. The van der Waals surface area contributed by atoms with Crippen molar-refractivity contribution in [2.75, 3.05) is 0 Å². The minimum absolute atomic E-state index is 0.478. The van der Waals surface area contributed by atoms with E-state index in [9.17, 15) is 0 Å². The first-order chi connectivity index (χ1) is 17.8. The van der Waals surface area contributed by atoms with E-state index in [0.29, 0.717) is 5.41 Å². The van der Waals surface area contributed by atoms with Crippen LogP contribution in [0.5, 0.6) is 0 Å². The first kappa shape index (κ1) is 25.7. The molecule has 0 aromatic heterocycles. The number of rotatable bonds is 4. The van der Waals surface area contributed by atoms with E-state index in [1.165, 1.54) is 86.5 Å². The molecule has 0 heterocycles. The average molecular weight is 497 g/mol. The molecule has 0 aliphatic heterocycles. The highest BCUT2D eigenvalue weighted by atomic mass is 14.6.